The third-order valence-corrected chi connectivity index (χ3v) is 4.62. The second-order valence-electron chi connectivity index (χ2n) is 6.82. The van der Waals surface area contributed by atoms with Crippen LogP contribution in [-0.2, 0) is 0 Å². The Morgan fingerprint density at radius 2 is 1.80 bits per heavy atom. The summed E-state index contributed by atoms with van der Waals surface area (Å²) >= 11 is 0. The van der Waals surface area contributed by atoms with Crippen LogP contribution in [0.15, 0.2) is 36.7 Å². The highest BCUT2D eigenvalue weighted by atomic mass is 16.1. The first-order valence-electron chi connectivity index (χ1n) is 8.68. The first-order valence-corrected chi connectivity index (χ1v) is 8.68. The molecule has 1 aromatic heterocycles. The summed E-state index contributed by atoms with van der Waals surface area (Å²) < 4.78 is 0. The quantitative estimate of drug-likeness (QED) is 0.928. The van der Waals surface area contributed by atoms with Crippen molar-refractivity contribution in [1.29, 1.82) is 0 Å². The molecule has 1 fully saturated rings. The summed E-state index contributed by atoms with van der Waals surface area (Å²) in [4.78, 5) is 25.3. The molecule has 6 nitrogen and oxygen atoms in total. The molecule has 6 heteroatoms. The second-order valence-corrected chi connectivity index (χ2v) is 6.82. The molecular weight excluding hydrogens is 314 g/mol. The molecule has 132 valence electrons. The Balaban J connectivity index is 1.62. The normalized spacial score (nSPS) is 15.1. The van der Waals surface area contributed by atoms with Crippen molar-refractivity contribution in [2.24, 2.45) is 5.92 Å². The van der Waals surface area contributed by atoms with Crippen molar-refractivity contribution < 1.29 is 4.79 Å². The van der Waals surface area contributed by atoms with Crippen LogP contribution < -0.4 is 15.1 Å². The van der Waals surface area contributed by atoms with Crippen LogP contribution in [0.1, 0.15) is 30.3 Å². The number of nitrogens with zero attached hydrogens (tertiary/aromatic N) is 4. The number of rotatable bonds is 4. The maximum atomic E-state index is 12.3. The van der Waals surface area contributed by atoms with Gasteiger partial charge in [0.2, 0.25) is 0 Å². The van der Waals surface area contributed by atoms with E-state index in [4.69, 9.17) is 0 Å². The van der Waals surface area contributed by atoms with Crippen molar-refractivity contribution in [1.82, 2.24) is 9.97 Å². The van der Waals surface area contributed by atoms with Gasteiger partial charge >= 0.3 is 0 Å². The van der Waals surface area contributed by atoms with Crippen LogP contribution in [-0.4, -0.2) is 43.1 Å². The fraction of sp³-hybridized carbons (Fsp3) is 0.421. The summed E-state index contributed by atoms with van der Waals surface area (Å²) in [7, 11) is 3.96. The molecule has 1 amide bonds. The van der Waals surface area contributed by atoms with Gasteiger partial charge in [-0.25, -0.2) is 9.97 Å². The largest absolute Gasteiger partial charge is 0.378 e. The molecule has 0 atom stereocenters. The summed E-state index contributed by atoms with van der Waals surface area (Å²) in [5.74, 6) is 1.37. The van der Waals surface area contributed by atoms with Crippen molar-refractivity contribution in [3.63, 3.8) is 0 Å². The van der Waals surface area contributed by atoms with E-state index in [1.165, 1.54) is 12.8 Å². The van der Waals surface area contributed by atoms with E-state index in [1.54, 1.807) is 12.4 Å². The van der Waals surface area contributed by atoms with Gasteiger partial charge in [0.1, 0.15) is 11.5 Å². The topological polar surface area (TPSA) is 61.4 Å². The molecule has 1 N–H and O–H groups in total. The van der Waals surface area contributed by atoms with Gasteiger partial charge in [0.05, 0.1) is 12.4 Å². The van der Waals surface area contributed by atoms with Gasteiger partial charge in [0, 0.05) is 38.6 Å². The molecule has 25 heavy (non-hydrogen) atoms. The number of nitrogens with one attached hydrogen (secondary N) is 1. The molecule has 1 aromatic carbocycles. The number of aromatic nitrogens is 2. The Morgan fingerprint density at radius 1 is 1.12 bits per heavy atom. The summed E-state index contributed by atoms with van der Waals surface area (Å²) in [6.07, 6.45) is 5.59. The number of anilines is 3. The molecule has 0 spiro atoms. The Hall–Kier alpha value is -2.63. The highest BCUT2D eigenvalue weighted by molar-refractivity contribution is 6.02. The van der Waals surface area contributed by atoms with Crippen LogP contribution in [0.2, 0.25) is 0 Å². The summed E-state index contributed by atoms with van der Waals surface area (Å²) in [6, 6.07) is 7.68. The van der Waals surface area contributed by atoms with Crippen molar-refractivity contribution in [2.75, 3.05) is 42.3 Å². The highest BCUT2D eigenvalue weighted by Crippen LogP contribution is 2.21. The van der Waals surface area contributed by atoms with Crippen molar-refractivity contribution in [2.45, 2.75) is 19.8 Å². The average Bonchev–Trinajstić information content (AvgIpc) is 2.63. The van der Waals surface area contributed by atoms with Crippen molar-refractivity contribution >= 4 is 23.1 Å². The fourth-order valence-electron chi connectivity index (χ4n) is 2.88. The number of benzene rings is 1. The summed E-state index contributed by atoms with van der Waals surface area (Å²) in [5, 5.41) is 2.86. The van der Waals surface area contributed by atoms with Gasteiger partial charge in [-0.05, 0) is 43.0 Å². The SMILES string of the molecule is CC1CCN(c2cnc(C(=O)Nc3ccc(N(C)C)cc3)cn2)CC1. The lowest BCUT2D eigenvalue weighted by Gasteiger charge is -2.30. The smallest absolute Gasteiger partial charge is 0.275 e. The van der Waals surface area contributed by atoms with E-state index in [2.05, 4.69) is 27.1 Å². The van der Waals surface area contributed by atoms with E-state index >= 15 is 0 Å². The number of hydrogen-bond donors (Lipinski definition) is 1. The maximum absolute atomic E-state index is 12.3. The molecule has 1 aliphatic rings. The average molecular weight is 339 g/mol. The maximum Gasteiger partial charge on any atom is 0.275 e. The number of piperidine rings is 1. The highest BCUT2D eigenvalue weighted by Gasteiger charge is 2.18. The van der Waals surface area contributed by atoms with Gasteiger partial charge in [0.15, 0.2) is 0 Å². The van der Waals surface area contributed by atoms with E-state index in [0.717, 1.165) is 36.2 Å². The molecule has 1 aliphatic heterocycles. The minimum Gasteiger partial charge on any atom is -0.378 e. The molecule has 0 aliphatic carbocycles. The van der Waals surface area contributed by atoms with Crippen LogP contribution >= 0.6 is 0 Å². The van der Waals surface area contributed by atoms with Crippen LogP contribution in [0.5, 0.6) is 0 Å². The summed E-state index contributed by atoms with van der Waals surface area (Å²) in [6.45, 7) is 4.28. The molecular formula is C19H25N5O. The lowest BCUT2D eigenvalue weighted by atomic mass is 9.99. The van der Waals surface area contributed by atoms with E-state index in [1.807, 2.05) is 43.3 Å². The third kappa shape index (κ3) is 4.26. The summed E-state index contributed by atoms with van der Waals surface area (Å²) in [5.41, 5.74) is 2.15. The van der Waals surface area contributed by atoms with Gasteiger partial charge < -0.3 is 15.1 Å². The minimum atomic E-state index is -0.246. The van der Waals surface area contributed by atoms with Gasteiger partial charge in [-0.3, -0.25) is 4.79 Å². The number of hydrogen-bond acceptors (Lipinski definition) is 5. The van der Waals surface area contributed by atoms with Crippen molar-refractivity contribution in [3.05, 3.63) is 42.4 Å². The van der Waals surface area contributed by atoms with Crippen LogP contribution in [0, 0.1) is 5.92 Å². The first kappa shape index (κ1) is 17.2. The first-order chi connectivity index (χ1) is 12.0. The van der Waals surface area contributed by atoms with Crippen LogP contribution in [0.25, 0.3) is 0 Å². The predicted octanol–water partition coefficient (Wildman–Crippen LogP) is 3.03. The zero-order chi connectivity index (χ0) is 17.8. The van der Waals surface area contributed by atoms with Gasteiger partial charge in [-0.1, -0.05) is 6.92 Å². The third-order valence-electron chi connectivity index (χ3n) is 4.62. The monoisotopic (exact) mass is 339 g/mol. The second kappa shape index (κ2) is 7.51. The van der Waals surface area contributed by atoms with Gasteiger partial charge in [-0.15, -0.1) is 0 Å². The molecule has 0 saturated carbocycles. The molecule has 2 aromatic rings. The van der Waals surface area contributed by atoms with Gasteiger partial charge in [0.25, 0.3) is 5.91 Å². The molecule has 0 radical (unpaired) electrons. The zero-order valence-electron chi connectivity index (χ0n) is 15.1. The van der Waals surface area contributed by atoms with E-state index in [-0.39, 0.29) is 5.91 Å². The Morgan fingerprint density at radius 3 is 2.36 bits per heavy atom. The lowest BCUT2D eigenvalue weighted by molar-refractivity contribution is 0.102. The molecule has 0 bridgehead atoms. The number of carbonyl (C=O) groups is 1. The predicted molar refractivity (Wildman–Crippen MR) is 101 cm³/mol. The number of carbonyl (C=O) groups excluding carboxylic acids is 1. The Kier molecular flexibility index (Phi) is 5.16. The molecule has 0 unspecified atom stereocenters. The van der Waals surface area contributed by atoms with E-state index in [0.29, 0.717) is 5.69 Å². The lowest BCUT2D eigenvalue weighted by Crippen LogP contribution is -2.33. The molecule has 1 saturated heterocycles. The van der Waals surface area contributed by atoms with Crippen molar-refractivity contribution in [3.8, 4) is 0 Å². The number of amides is 1. The van der Waals surface area contributed by atoms with E-state index in [9.17, 15) is 4.79 Å². The Bertz CT molecular complexity index is 704. The molecule has 2 heterocycles. The zero-order valence-corrected chi connectivity index (χ0v) is 15.1. The van der Waals surface area contributed by atoms with Crippen LogP contribution in [0.4, 0.5) is 17.2 Å². The van der Waals surface area contributed by atoms with Crippen LogP contribution in [0.3, 0.4) is 0 Å². The fourth-order valence-corrected chi connectivity index (χ4v) is 2.88. The Labute approximate surface area is 148 Å². The minimum absolute atomic E-state index is 0.246. The van der Waals surface area contributed by atoms with E-state index < -0.39 is 0 Å². The van der Waals surface area contributed by atoms with Gasteiger partial charge in [-0.2, -0.15) is 0 Å². The standard InChI is InChI=1S/C19H25N5O/c1-14-8-10-24(11-9-14)18-13-20-17(12-21-18)19(25)22-15-4-6-16(7-5-15)23(2)3/h4-7,12-14H,8-11H2,1-3H3,(H,22,25). The molecule has 3 rings (SSSR count).